The summed E-state index contributed by atoms with van der Waals surface area (Å²) in [5.41, 5.74) is 4.70. The van der Waals surface area contributed by atoms with Gasteiger partial charge in [-0.05, 0) is 13.0 Å². The van der Waals surface area contributed by atoms with Gasteiger partial charge >= 0.3 is 0 Å². The zero-order chi connectivity index (χ0) is 11.3. The molecule has 0 bridgehead atoms. The largest absolute Gasteiger partial charge is 0.410 e. The zero-order valence-corrected chi connectivity index (χ0v) is 7.80. The van der Waals surface area contributed by atoms with Gasteiger partial charge in [0.15, 0.2) is 5.71 Å². The highest BCUT2D eigenvalue weighted by Crippen LogP contribution is 2.04. The van der Waals surface area contributed by atoms with Crippen molar-refractivity contribution in [3.8, 4) is 0 Å². The molecular weight excluding hydrogens is 190 g/mol. The Hall–Kier alpha value is -1.92. The average Bonchev–Trinajstić information content (AvgIpc) is 2.11. The summed E-state index contributed by atoms with van der Waals surface area (Å²) in [5, 5.41) is 21.3. The van der Waals surface area contributed by atoms with Crippen molar-refractivity contribution in [2.45, 2.75) is 19.9 Å². The Balaban J connectivity index is 4.83. The maximum absolute atomic E-state index is 10.6. The first-order valence-corrected chi connectivity index (χ1v) is 3.73. The minimum Gasteiger partial charge on any atom is -0.410 e. The molecule has 7 heteroatoms. The van der Waals surface area contributed by atoms with E-state index in [-0.39, 0.29) is 5.57 Å². The summed E-state index contributed by atoms with van der Waals surface area (Å²) in [5.74, 6) is -0.942. The minimum absolute atomic E-state index is 0.279. The Morgan fingerprint density at radius 1 is 1.71 bits per heavy atom. The third-order valence-corrected chi connectivity index (χ3v) is 1.70. The van der Waals surface area contributed by atoms with E-state index in [4.69, 9.17) is 10.9 Å². The number of nitrogens with two attached hydrogens (primary N) is 1. The lowest BCUT2D eigenvalue weighted by Crippen LogP contribution is -2.24. The molecule has 0 rings (SSSR count). The molecule has 1 unspecified atom stereocenters. The van der Waals surface area contributed by atoms with Crippen LogP contribution in [0.2, 0.25) is 0 Å². The first-order valence-electron chi connectivity index (χ1n) is 3.73. The number of nitrogens with zero attached hydrogens (tertiary/aromatic N) is 2. The highest BCUT2D eigenvalue weighted by molar-refractivity contribution is 6.42. The van der Waals surface area contributed by atoms with Crippen molar-refractivity contribution in [3.63, 3.8) is 0 Å². The van der Waals surface area contributed by atoms with E-state index < -0.39 is 22.6 Å². The molecule has 0 saturated carbocycles. The van der Waals surface area contributed by atoms with E-state index in [0.29, 0.717) is 0 Å². The van der Waals surface area contributed by atoms with Crippen LogP contribution in [0.1, 0.15) is 13.8 Å². The molecule has 78 valence electrons. The fourth-order valence-corrected chi connectivity index (χ4v) is 0.652. The van der Waals surface area contributed by atoms with E-state index in [9.17, 15) is 14.9 Å². The van der Waals surface area contributed by atoms with Gasteiger partial charge in [-0.2, -0.15) is 0 Å². The lowest BCUT2D eigenvalue weighted by atomic mass is 10.1. The van der Waals surface area contributed by atoms with Crippen LogP contribution in [0.5, 0.6) is 0 Å². The van der Waals surface area contributed by atoms with Gasteiger partial charge in [0.25, 0.3) is 5.91 Å². The normalized spacial score (nSPS) is 15.0. The maximum atomic E-state index is 10.6. The van der Waals surface area contributed by atoms with Crippen molar-refractivity contribution < 1.29 is 14.9 Å². The summed E-state index contributed by atoms with van der Waals surface area (Å²) in [7, 11) is 0. The van der Waals surface area contributed by atoms with Crippen molar-refractivity contribution in [2.24, 2.45) is 10.9 Å². The topological polar surface area (TPSA) is 119 Å². The lowest BCUT2D eigenvalue weighted by Gasteiger charge is -2.02. The Morgan fingerprint density at radius 3 is 2.50 bits per heavy atom. The average molecular weight is 201 g/mol. The maximum Gasteiger partial charge on any atom is 0.270 e. The fraction of sp³-hybridized carbons (Fsp3) is 0.429. The predicted molar refractivity (Wildman–Crippen MR) is 48.6 cm³/mol. The van der Waals surface area contributed by atoms with Crippen LogP contribution in [0.15, 0.2) is 16.8 Å². The number of hydrogen-bond donors (Lipinski definition) is 2. The summed E-state index contributed by atoms with van der Waals surface area (Å²) in [6.45, 7) is 2.80. The van der Waals surface area contributed by atoms with Crippen LogP contribution < -0.4 is 5.73 Å². The van der Waals surface area contributed by atoms with E-state index in [0.717, 1.165) is 6.08 Å². The van der Waals surface area contributed by atoms with Gasteiger partial charge < -0.3 is 10.9 Å². The van der Waals surface area contributed by atoms with E-state index in [1.807, 2.05) is 0 Å². The molecule has 0 spiro atoms. The van der Waals surface area contributed by atoms with Gasteiger partial charge in [0, 0.05) is 17.4 Å². The predicted octanol–water partition coefficient (Wildman–Crippen LogP) is -0.0866. The highest BCUT2D eigenvalue weighted by atomic mass is 16.6. The van der Waals surface area contributed by atoms with Gasteiger partial charge in [-0.25, -0.2) is 0 Å². The first-order chi connectivity index (χ1) is 6.40. The van der Waals surface area contributed by atoms with Gasteiger partial charge in [0.2, 0.25) is 6.04 Å². The second kappa shape index (κ2) is 4.95. The number of rotatable bonds is 4. The van der Waals surface area contributed by atoms with Crippen molar-refractivity contribution in [2.75, 3.05) is 0 Å². The Kier molecular flexibility index (Phi) is 4.27. The second-order valence-corrected chi connectivity index (χ2v) is 2.70. The number of oxime groups is 1. The Labute approximate surface area is 80.0 Å². The van der Waals surface area contributed by atoms with Crippen LogP contribution in [-0.4, -0.2) is 27.8 Å². The molecule has 0 radical (unpaired) electrons. The fourth-order valence-electron chi connectivity index (χ4n) is 0.652. The molecule has 7 nitrogen and oxygen atoms in total. The summed E-state index contributed by atoms with van der Waals surface area (Å²) >= 11 is 0. The molecule has 0 aromatic carbocycles. The Morgan fingerprint density at radius 2 is 2.21 bits per heavy atom. The molecule has 0 aromatic rings. The van der Waals surface area contributed by atoms with Crippen molar-refractivity contribution in [3.05, 3.63) is 21.8 Å². The quantitative estimate of drug-likeness (QED) is 0.286. The number of hydrogen-bond acceptors (Lipinski definition) is 5. The Bertz CT molecular complexity index is 308. The number of amides is 1. The van der Waals surface area contributed by atoms with Crippen molar-refractivity contribution in [1.82, 2.24) is 0 Å². The third kappa shape index (κ3) is 3.21. The van der Waals surface area contributed by atoms with E-state index in [1.54, 1.807) is 0 Å². The van der Waals surface area contributed by atoms with Crippen LogP contribution in [0.4, 0.5) is 0 Å². The van der Waals surface area contributed by atoms with Crippen LogP contribution >= 0.6 is 0 Å². The minimum atomic E-state index is -0.953. The molecule has 0 aromatic heterocycles. The van der Waals surface area contributed by atoms with Gasteiger partial charge in [0.05, 0.1) is 0 Å². The van der Waals surface area contributed by atoms with E-state index in [2.05, 4.69) is 5.16 Å². The summed E-state index contributed by atoms with van der Waals surface area (Å²) < 4.78 is 0. The van der Waals surface area contributed by atoms with Crippen LogP contribution in [0.3, 0.4) is 0 Å². The molecule has 3 N–H and O–H groups in total. The van der Waals surface area contributed by atoms with Gasteiger partial charge in [0.1, 0.15) is 0 Å². The van der Waals surface area contributed by atoms with Crippen LogP contribution in [0.25, 0.3) is 0 Å². The molecule has 0 saturated heterocycles. The molecule has 1 atom stereocenters. The summed E-state index contributed by atoms with van der Waals surface area (Å²) in [6.07, 6.45) is 1.08. The monoisotopic (exact) mass is 201 g/mol. The molecule has 0 fully saturated rings. The summed E-state index contributed by atoms with van der Waals surface area (Å²) in [6, 6.07) is -0.953. The standard InChI is InChI=1S/C7H11N3O4/c1-4(5(2)10(13)14)3-6(9-12)7(8)11/h3,5,12H,1-2H3,(H2,8,11). The zero-order valence-electron chi connectivity index (χ0n) is 7.80. The summed E-state index contributed by atoms with van der Waals surface area (Å²) in [4.78, 5) is 20.4. The van der Waals surface area contributed by atoms with E-state index >= 15 is 0 Å². The second-order valence-electron chi connectivity index (χ2n) is 2.70. The van der Waals surface area contributed by atoms with Crippen LogP contribution in [0, 0.1) is 10.1 Å². The highest BCUT2D eigenvalue weighted by Gasteiger charge is 2.16. The smallest absolute Gasteiger partial charge is 0.270 e. The SMILES string of the molecule is CC(=CC(=NO)C(N)=O)C(C)[N+](=O)[O-]. The molecule has 0 aliphatic rings. The molecular formula is C7H11N3O4. The first kappa shape index (κ1) is 12.1. The lowest BCUT2D eigenvalue weighted by molar-refractivity contribution is -0.507. The molecule has 1 amide bonds. The van der Waals surface area contributed by atoms with E-state index in [1.165, 1.54) is 13.8 Å². The molecule has 14 heavy (non-hydrogen) atoms. The number of carbonyl (C=O) groups is 1. The molecule has 0 aliphatic carbocycles. The third-order valence-electron chi connectivity index (χ3n) is 1.70. The number of carbonyl (C=O) groups excluding carboxylic acids is 1. The van der Waals surface area contributed by atoms with Gasteiger partial charge in [-0.3, -0.25) is 14.9 Å². The van der Waals surface area contributed by atoms with Crippen molar-refractivity contribution in [1.29, 1.82) is 0 Å². The van der Waals surface area contributed by atoms with Gasteiger partial charge in [-0.15, -0.1) is 0 Å². The molecule has 0 aliphatic heterocycles. The van der Waals surface area contributed by atoms with Gasteiger partial charge in [-0.1, -0.05) is 5.16 Å². The van der Waals surface area contributed by atoms with Crippen LogP contribution in [-0.2, 0) is 4.79 Å². The molecule has 0 heterocycles. The number of nitro groups is 1. The number of primary amides is 1. The van der Waals surface area contributed by atoms with Crippen molar-refractivity contribution >= 4 is 11.6 Å².